The molecule has 2 heterocycles. The lowest BCUT2D eigenvalue weighted by Gasteiger charge is -2.43. The van der Waals surface area contributed by atoms with Gasteiger partial charge in [-0.05, 0) is 46.0 Å². The van der Waals surface area contributed by atoms with Gasteiger partial charge in [-0.2, -0.15) is 0 Å². The van der Waals surface area contributed by atoms with Crippen molar-refractivity contribution in [1.82, 2.24) is 9.80 Å². The van der Waals surface area contributed by atoms with E-state index in [-0.39, 0.29) is 18.7 Å². The SMILES string of the molecule is C[C@@H]1CCC[C@H](C)N1C(=O)N1CCC(OCC(=O)O)CC1. The van der Waals surface area contributed by atoms with Gasteiger partial charge in [-0.1, -0.05) is 0 Å². The fourth-order valence-corrected chi connectivity index (χ4v) is 3.36. The fourth-order valence-electron chi connectivity index (χ4n) is 3.36. The number of amides is 2. The Morgan fingerprint density at radius 1 is 1.10 bits per heavy atom. The van der Waals surface area contributed by atoms with E-state index in [0.29, 0.717) is 25.2 Å². The van der Waals surface area contributed by atoms with E-state index < -0.39 is 5.97 Å². The molecule has 2 atom stereocenters. The normalized spacial score (nSPS) is 27.7. The van der Waals surface area contributed by atoms with E-state index in [0.717, 1.165) is 25.7 Å². The molecule has 0 aliphatic carbocycles. The Morgan fingerprint density at radius 2 is 1.67 bits per heavy atom. The zero-order valence-corrected chi connectivity index (χ0v) is 13.0. The summed E-state index contributed by atoms with van der Waals surface area (Å²) in [4.78, 5) is 27.1. The van der Waals surface area contributed by atoms with Crippen LogP contribution in [0, 0.1) is 0 Å². The molecule has 0 unspecified atom stereocenters. The summed E-state index contributed by atoms with van der Waals surface area (Å²) in [5, 5.41) is 8.62. The molecule has 1 N–H and O–H groups in total. The van der Waals surface area contributed by atoms with Gasteiger partial charge in [0, 0.05) is 25.2 Å². The van der Waals surface area contributed by atoms with Crippen LogP contribution in [-0.4, -0.2) is 64.8 Å². The smallest absolute Gasteiger partial charge is 0.329 e. The van der Waals surface area contributed by atoms with Crippen molar-refractivity contribution in [2.24, 2.45) is 0 Å². The molecule has 0 bridgehead atoms. The van der Waals surface area contributed by atoms with Crippen LogP contribution >= 0.6 is 0 Å². The minimum Gasteiger partial charge on any atom is -0.480 e. The predicted octanol–water partition coefficient (Wildman–Crippen LogP) is 1.93. The molecule has 2 amide bonds. The van der Waals surface area contributed by atoms with Crippen LogP contribution in [0.25, 0.3) is 0 Å². The molecule has 0 aromatic heterocycles. The highest BCUT2D eigenvalue weighted by molar-refractivity contribution is 5.75. The van der Waals surface area contributed by atoms with Crippen LogP contribution in [0.4, 0.5) is 4.79 Å². The third kappa shape index (κ3) is 4.09. The standard InChI is InChI=1S/C15H26N2O4/c1-11-4-3-5-12(2)17(11)15(20)16-8-6-13(7-9-16)21-10-14(18)19/h11-13H,3-10H2,1-2H3,(H,18,19)/t11-,12+. The van der Waals surface area contributed by atoms with Gasteiger partial charge >= 0.3 is 12.0 Å². The van der Waals surface area contributed by atoms with Crippen molar-refractivity contribution in [3.8, 4) is 0 Å². The highest BCUT2D eigenvalue weighted by atomic mass is 16.5. The van der Waals surface area contributed by atoms with E-state index in [9.17, 15) is 9.59 Å². The molecule has 2 saturated heterocycles. The van der Waals surface area contributed by atoms with E-state index in [1.807, 2.05) is 9.80 Å². The van der Waals surface area contributed by atoms with Crippen LogP contribution in [0.5, 0.6) is 0 Å². The van der Waals surface area contributed by atoms with Gasteiger partial charge in [0.15, 0.2) is 0 Å². The molecular formula is C15H26N2O4. The summed E-state index contributed by atoms with van der Waals surface area (Å²) in [6, 6.07) is 0.746. The zero-order valence-electron chi connectivity index (χ0n) is 13.0. The summed E-state index contributed by atoms with van der Waals surface area (Å²) < 4.78 is 5.31. The Bertz CT molecular complexity index is 370. The quantitative estimate of drug-likeness (QED) is 0.864. The number of carboxylic acid groups (broad SMARTS) is 1. The second-order valence-corrected chi connectivity index (χ2v) is 6.21. The molecule has 21 heavy (non-hydrogen) atoms. The maximum absolute atomic E-state index is 12.7. The van der Waals surface area contributed by atoms with Crippen molar-refractivity contribution in [2.45, 2.75) is 64.1 Å². The number of piperidine rings is 2. The Hall–Kier alpha value is -1.30. The molecule has 120 valence electrons. The second-order valence-electron chi connectivity index (χ2n) is 6.21. The number of hydrogen-bond acceptors (Lipinski definition) is 3. The first-order chi connectivity index (χ1) is 9.99. The van der Waals surface area contributed by atoms with Crippen molar-refractivity contribution >= 4 is 12.0 Å². The van der Waals surface area contributed by atoms with Crippen LogP contribution in [0.1, 0.15) is 46.0 Å². The summed E-state index contributed by atoms with van der Waals surface area (Å²) in [6.07, 6.45) is 4.74. The van der Waals surface area contributed by atoms with Crippen LogP contribution < -0.4 is 0 Å². The Kier molecular flexibility index (Phi) is 5.45. The van der Waals surface area contributed by atoms with Gasteiger partial charge < -0.3 is 19.6 Å². The number of likely N-dealkylation sites (tertiary alicyclic amines) is 2. The maximum Gasteiger partial charge on any atom is 0.329 e. The lowest BCUT2D eigenvalue weighted by atomic mass is 9.98. The van der Waals surface area contributed by atoms with E-state index in [1.54, 1.807) is 0 Å². The van der Waals surface area contributed by atoms with Crippen molar-refractivity contribution in [3.63, 3.8) is 0 Å². The van der Waals surface area contributed by atoms with Gasteiger partial charge in [-0.25, -0.2) is 9.59 Å². The van der Waals surface area contributed by atoms with Gasteiger partial charge in [0.1, 0.15) is 6.61 Å². The summed E-state index contributed by atoms with van der Waals surface area (Å²) in [7, 11) is 0. The molecule has 0 aromatic rings. The lowest BCUT2D eigenvalue weighted by Crippen LogP contribution is -2.55. The Balaban J connectivity index is 1.83. The first-order valence-electron chi connectivity index (χ1n) is 7.89. The van der Waals surface area contributed by atoms with Crippen molar-refractivity contribution in [1.29, 1.82) is 0 Å². The van der Waals surface area contributed by atoms with Crippen LogP contribution in [0.2, 0.25) is 0 Å². The van der Waals surface area contributed by atoms with Crippen LogP contribution in [-0.2, 0) is 9.53 Å². The molecule has 2 aliphatic rings. The first-order valence-corrected chi connectivity index (χ1v) is 7.89. The number of carbonyl (C=O) groups is 2. The largest absolute Gasteiger partial charge is 0.480 e. The number of carbonyl (C=O) groups excluding carboxylic acids is 1. The molecule has 0 spiro atoms. The topological polar surface area (TPSA) is 70.1 Å². The van der Waals surface area contributed by atoms with Gasteiger partial charge in [-0.15, -0.1) is 0 Å². The van der Waals surface area contributed by atoms with Gasteiger partial charge in [-0.3, -0.25) is 0 Å². The number of carboxylic acids is 1. The molecule has 6 nitrogen and oxygen atoms in total. The molecule has 0 saturated carbocycles. The average Bonchev–Trinajstić information content (AvgIpc) is 2.45. The second kappa shape index (κ2) is 7.11. The number of hydrogen-bond donors (Lipinski definition) is 1. The molecule has 0 aromatic carbocycles. The van der Waals surface area contributed by atoms with Crippen LogP contribution in [0.3, 0.4) is 0 Å². The number of aliphatic carboxylic acids is 1. The van der Waals surface area contributed by atoms with E-state index in [1.165, 1.54) is 6.42 Å². The van der Waals surface area contributed by atoms with Crippen molar-refractivity contribution < 1.29 is 19.4 Å². The average molecular weight is 298 g/mol. The molecular weight excluding hydrogens is 272 g/mol. The summed E-state index contributed by atoms with van der Waals surface area (Å²) in [5.41, 5.74) is 0. The van der Waals surface area contributed by atoms with Crippen molar-refractivity contribution in [2.75, 3.05) is 19.7 Å². The molecule has 0 radical (unpaired) electrons. The van der Waals surface area contributed by atoms with Gasteiger partial charge in [0.25, 0.3) is 0 Å². The molecule has 2 aliphatic heterocycles. The lowest BCUT2D eigenvalue weighted by molar-refractivity contribution is -0.145. The van der Waals surface area contributed by atoms with Crippen LogP contribution in [0.15, 0.2) is 0 Å². The monoisotopic (exact) mass is 298 g/mol. The highest BCUT2D eigenvalue weighted by Crippen LogP contribution is 2.25. The summed E-state index contributed by atoms with van der Waals surface area (Å²) in [6.45, 7) is 5.30. The van der Waals surface area contributed by atoms with E-state index >= 15 is 0 Å². The number of ether oxygens (including phenoxy) is 1. The van der Waals surface area contributed by atoms with E-state index in [4.69, 9.17) is 9.84 Å². The molecule has 2 fully saturated rings. The number of rotatable bonds is 3. The minimum atomic E-state index is -0.940. The van der Waals surface area contributed by atoms with Gasteiger partial charge in [0.05, 0.1) is 6.10 Å². The summed E-state index contributed by atoms with van der Waals surface area (Å²) in [5.74, 6) is -0.940. The third-order valence-electron chi connectivity index (χ3n) is 4.57. The maximum atomic E-state index is 12.7. The zero-order chi connectivity index (χ0) is 15.4. The van der Waals surface area contributed by atoms with E-state index in [2.05, 4.69) is 13.8 Å². The highest BCUT2D eigenvalue weighted by Gasteiger charge is 2.33. The predicted molar refractivity (Wildman–Crippen MR) is 78.2 cm³/mol. The molecule has 2 rings (SSSR count). The van der Waals surface area contributed by atoms with Crippen molar-refractivity contribution in [3.05, 3.63) is 0 Å². The fraction of sp³-hybridized carbons (Fsp3) is 0.867. The third-order valence-corrected chi connectivity index (χ3v) is 4.57. The Labute approximate surface area is 126 Å². The number of urea groups is 1. The molecule has 6 heteroatoms. The first kappa shape index (κ1) is 16.1. The minimum absolute atomic E-state index is 0.0404. The van der Waals surface area contributed by atoms with Gasteiger partial charge in [0.2, 0.25) is 0 Å². The number of nitrogens with zero attached hydrogens (tertiary/aromatic N) is 2. The summed E-state index contributed by atoms with van der Waals surface area (Å²) >= 11 is 0. The Morgan fingerprint density at radius 3 is 2.19 bits per heavy atom.